The van der Waals surface area contributed by atoms with Gasteiger partial charge in [-0.15, -0.1) is 0 Å². The smallest absolute Gasteiger partial charge is 0.241 e. The van der Waals surface area contributed by atoms with Crippen LogP contribution in [0.1, 0.15) is 36.7 Å². The number of carbonyl (C=O) groups excluding carboxylic acids is 1. The van der Waals surface area contributed by atoms with Gasteiger partial charge in [0.1, 0.15) is 18.1 Å². The van der Waals surface area contributed by atoms with Crippen molar-refractivity contribution in [3.05, 3.63) is 82.6 Å². The first-order valence-corrected chi connectivity index (χ1v) is 13.0. The third-order valence-corrected chi connectivity index (χ3v) is 7.05. The summed E-state index contributed by atoms with van der Waals surface area (Å²) in [4.78, 5) is 17.5. The van der Waals surface area contributed by atoms with Gasteiger partial charge in [0, 0.05) is 12.0 Å². The van der Waals surface area contributed by atoms with Crippen molar-refractivity contribution >= 4 is 28.5 Å². The zero-order chi connectivity index (χ0) is 27.1. The molecule has 0 aliphatic carbocycles. The lowest BCUT2D eigenvalue weighted by Crippen LogP contribution is -2.19. The van der Waals surface area contributed by atoms with Crippen LogP contribution >= 0.6 is 11.6 Å². The number of rotatable bonds is 12. The number of benzene rings is 3. The maximum absolute atomic E-state index is 12.7. The van der Waals surface area contributed by atoms with Gasteiger partial charge in [-0.3, -0.25) is 4.79 Å². The Labute approximate surface area is 228 Å². The van der Waals surface area contributed by atoms with Crippen molar-refractivity contribution in [3.8, 4) is 17.2 Å². The number of hydrogen-bond donors (Lipinski definition) is 0. The molecule has 1 amide bonds. The summed E-state index contributed by atoms with van der Waals surface area (Å²) in [6.07, 6.45) is 1.78. The average molecular weight is 535 g/mol. The highest BCUT2D eigenvalue weighted by atomic mass is 35.5. The molecule has 1 radical (unpaired) electrons. The number of amides is 1. The predicted molar refractivity (Wildman–Crippen MR) is 149 cm³/mol. The van der Waals surface area contributed by atoms with E-state index in [0.29, 0.717) is 35.9 Å². The summed E-state index contributed by atoms with van der Waals surface area (Å²) in [7, 11) is 4.82. The molecule has 0 aliphatic heterocycles. The van der Waals surface area contributed by atoms with Gasteiger partial charge in [-0.05, 0) is 48.6 Å². The molecular weight excluding hydrogens is 502 g/mol. The zero-order valence-electron chi connectivity index (χ0n) is 22.2. The number of hydrogen-bond acceptors (Lipinski definition) is 5. The van der Waals surface area contributed by atoms with Crippen molar-refractivity contribution in [1.82, 2.24) is 14.9 Å². The van der Waals surface area contributed by atoms with Crippen molar-refractivity contribution < 1.29 is 19.0 Å². The minimum atomic E-state index is -0.133. The fourth-order valence-corrected chi connectivity index (χ4v) is 4.91. The van der Waals surface area contributed by atoms with Crippen molar-refractivity contribution in [1.29, 1.82) is 0 Å². The Balaban J connectivity index is 1.39. The van der Waals surface area contributed by atoms with E-state index in [0.717, 1.165) is 40.2 Å². The largest absolute Gasteiger partial charge is 0.496 e. The van der Waals surface area contributed by atoms with E-state index in [-0.39, 0.29) is 18.4 Å². The van der Waals surface area contributed by atoms with Gasteiger partial charge in [-0.25, -0.2) is 10.3 Å². The highest BCUT2D eigenvalue weighted by Gasteiger charge is 2.18. The first kappa shape index (κ1) is 27.3. The fourth-order valence-electron chi connectivity index (χ4n) is 4.60. The number of ether oxygens (including phenoxy) is 3. The third kappa shape index (κ3) is 6.22. The number of aromatic nitrogens is 2. The van der Waals surface area contributed by atoms with Crippen LogP contribution in [0.15, 0.2) is 60.7 Å². The highest BCUT2D eigenvalue weighted by molar-refractivity contribution is 6.33. The number of imidazole rings is 1. The molecule has 4 aromatic rings. The molecule has 4 rings (SSSR count). The van der Waals surface area contributed by atoms with Crippen LogP contribution in [-0.2, 0) is 24.3 Å². The van der Waals surface area contributed by atoms with Crippen molar-refractivity contribution in [2.75, 3.05) is 21.3 Å². The maximum Gasteiger partial charge on any atom is 0.241 e. The van der Waals surface area contributed by atoms with Gasteiger partial charge in [-0.2, -0.15) is 0 Å². The van der Waals surface area contributed by atoms with E-state index in [4.69, 9.17) is 30.8 Å². The summed E-state index contributed by atoms with van der Waals surface area (Å²) in [6.45, 7) is 2.90. The molecule has 0 spiro atoms. The number of halogens is 1. The Bertz CT molecular complexity index is 1400. The van der Waals surface area contributed by atoms with Crippen LogP contribution in [0, 0.1) is 5.92 Å². The molecule has 1 unspecified atom stereocenters. The maximum atomic E-state index is 12.7. The quantitative estimate of drug-likeness (QED) is 0.221. The van der Waals surface area contributed by atoms with Crippen LogP contribution < -0.4 is 19.5 Å². The Morgan fingerprint density at radius 1 is 0.947 bits per heavy atom. The number of para-hydroxylation sites is 3. The predicted octanol–water partition coefficient (Wildman–Crippen LogP) is 6.05. The summed E-state index contributed by atoms with van der Waals surface area (Å²) in [5.41, 5.74) is 3.87. The van der Waals surface area contributed by atoms with Gasteiger partial charge in [0.15, 0.2) is 11.5 Å². The monoisotopic (exact) mass is 534 g/mol. The van der Waals surface area contributed by atoms with Crippen LogP contribution in [0.4, 0.5) is 0 Å². The molecule has 1 atom stereocenters. The van der Waals surface area contributed by atoms with E-state index in [1.54, 1.807) is 21.3 Å². The minimum Gasteiger partial charge on any atom is -0.496 e. The number of methoxy groups -OCH3 is 3. The summed E-state index contributed by atoms with van der Waals surface area (Å²) in [6, 6.07) is 19.7. The Morgan fingerprint density at radius 3 is 2.45 bits per heavy atom. The molecule has 0 N–H and O–H groups in total. The van der Waals surface area contributed by atoms with Crippen LogP contribution in [0.2, 0.25) is 5.02 Å². The highest BCUT2D eigenvalue weighted by Crippen LogP contribution is 2.38. The second kappa shape index (κ2) is 12.7. The van der Waals surface area contributed by atoms with Crippen molar-refractivity contribution in [2.45, 2.75) is 39.3 Å². The molecular formula is C30H33ClN3O4. The fraction of sp³-hybridized carbons (Fsp3) is 0.333. The normalized spacial score (nSPS) is 11.8. The molecule has 3 aromatic carbocycles. The first-order valence-electron chi connectivity index (χ1n) is 12.6. The second-order valence-electron chi connectivity index (χ2n) is 9.25. The molecule has 0 bridgehead atoms. The number of nitrogens with zero attached hydrogens (tertiary/aromatic N) is 3. The van der Waals surface area contributed by atoms with Crippen LogP contribution in [0.5, 0.6) is 17.2 Å². The van der Waals surface area contributed by atoms with Gasteiger partial charge in [0.25, 0.3) is 0 Å². The second-order valence-corrected chi connectivity index (χ2v) is 9.62. The third-order valence-electron chi connectivity index (χ3n) is 6.64. The lowest BCUT2D eigenvalue weighted by molar-refractivity contribution is -0.121. The van der Waals surface area contributed by atoms with Crippen molar-refractivity contribution in [3.63, 3.8) is 0 Å². The number of fused-ring (bicyclic) bond motifs is 1. The lowest BCUT2D eigenvalue weighted by atomic mass is 9.96. The van der Waals surface area contributed by atoms with E-state index in [1.165, 1.54) is 0 Å². The lowest BCUT2D eigenvalue weighted by Gasteiger charge is -2.16. The number of carbonyl (C=O) groups is 1. The molecule has 0 fully saturated rings. The minimum absolute atomic E-state index is 0.133. The van der Waals surface area contributed by atoms with Gasteiger partial charge in [-0.1, -0.05) is 54.9 Å². The summed E-state index contributed by atoms with van der Waals surface area (Å²) < 4.78 is 18.4. The Hall–Kier alpha value is -3.71. The van der Waals surface area contributed by atoms with E-state index >= 15 is 0 Å². The molecule has 0 saturated heterocycles. The molecule has 1 heterocycles. The molecule has 8 heteroatoms. The Kier molecular flexibility index (Phi) is 9.13. The molecule has 7 nitrogen and oxygen atoms in total. The standard InChI is InChI=1S/C30H33ClN3O4/c1-20(17-21-14-15-26(37-3)30(38-4)29(21)31)13-16-28(35)32-18-27-33-23-10-6-7-11-24(23)34(27)19-22-9-5-8-12-25(22)36-2/h5-12,14-15,20H,13,16-19H2,1-4H3. The van der Waals surface area contributed by atoms with Gasteiger partial charge >= 0.3 is 0 Å². The van der Waals surface area contributed by atoms with Gasteiger partial charge in [0.2, 0.25) is 5.91 Å². The zero-order valence-corrected chi connectivity index (χ0v) is 23.0. The van der Waals surface area contributed by atoms with Crippen molar-refractivity contribution in [2.24, 2.45) is 5.92 Å². The molecule has 1 aromatic heterocycles. The summed E-state index contributed by atoms with van der Waals surface area (Å²) in [5.74, 6) is 2.79. The SMILES string of the molecule is COc1ccccc1Cn1c(C[N]C(=O)CCC(C)Cc2ccc(OC)c(OC)c2Cl)nc2ccccc21. The van der Waals surface area contributed by atoms with Crippen LogP contribution in [0.3, 0.4) is 0 Å². The average Bonchev–Trinajstić information content (AvgIpc) is 3.29. The van der Waals surface area contributed by atoms with Gasteiger partial charge < -0.3 is 18.8 Å². The van der Waals surface area contributed by atoms with Crippen LogP contribution in [-0.4, -0.2) is 36.8 Å². The topological polar surface area (TPSA) is 76.7 Å². The van der Waals surface area contributed by atoms with E-state index in [2.05, 4.69) is 16.8 Å². The summed E-state index contributed by atoms with van der Waals surface area (Å²) in [5, 5.41) is 4.91. The van der Waals surface area contributed by atoms with Gasteiger partial charge in [0.05, 0.1) is 43.9 Å². The molecule has 0 saturated carbocycles. The first-order chi connectivity index (χ1) is 18.4. The molecule has 0 aliphatic rings. The van der Waals surface area contributed by atoms with Crippen LogP contribution in [0.25, 0.3) is 11.0 Å². The molecule has 38 heavy (non-hydrogen) atoms. The van der Waals surface area contributed by atoms with E-state index in [1.807, 2.05) is 60.7 Å². The Morgan fingerprint density at radius 2 is 1.68 bits per heavy atom. The molecule has 199 valence electrons. The van der Waals surface area contributed by atoms with E-state index in [9.17, 15) is 4.79 Å². The van der Waals surface area contributed by atoms with E-state index < -0.39 is 0 Å². The summed E-state index contributed by atoms with van der Waals surface area (Å²) >= 11 is 6.53.